The van der Waals surface area contributed by atoms with Crippen molar-refractivity contribution in [2.24, 2.45) is 5.73 Å². The van der Waals surface area contributed by atoms with E-state index in [4.69, 9.17) is 10.5 Å². The third-order valence-electron chi connectivity index (χ3n) is 4.61. The van der Waals surface area contributed by atoms with Gasteiger partial charge in [-0.2, -0.15) is 0 Å². The number of halogens is 1. The topological polar surface area (TPSA) is 55.5 Å². The van der Waals surface area contributed by atoms with Gasteiger partial charge in [-0.25, -0.2) is 4.39 Å². The molecule has 0 aromatic heterocycles. The number of aliphatic hydroxyl groups excluding tert-OH is 1. The van der Waals surface area contributed by atoms with Crippen molar-refractivity contribution in [3.8, 4) is 0 Å². The number of hydrogen-bond donors (Lipinski definition) is 2. The molecule has 1 fully saturated rings. The van der Waals surface area contributed by atoms with E-state index in [0.29, 0.717) is 6.61 Å². The Bertz CT molecular complexity index is 413. The molecule has 2 rings (SSSR count). The van der Waals surface area contributed by atoms with Crippen LogP contribution >= 0.6 is 0 Å². The lowest BCUT2D eigenvalue weighted by Gasteiger charge is -2.44. The summed E-state index contributed by atoms with van der Waals surface area (Å²) in [6.07, 6.45) is 3.70. The van der Waals surface area contributed by atoms with Gasteiger partial charge in [-0.3, -0.25) is 0 Å². The van der Waals surface area contributed by atoms with Gasteiger partial charge in [0.2, 0.25) is 0 Å². The Morgan fingerprint density at radius 3 is 2.50 bits per heavy atom. The Morgan fingerprint density at radius 1 is 1.35 bits per heavy atom. The maximum absolute atomic E-state index is 13.2. The van der Waals surface area contributed by atoms with Gasteiger partial charge in [0.1, 0.15) is 5.82 Å². The van der Waals surface area contributed by atoms with Gasteiger partial charge >= 0.3 is 0 Å². The fourth-order valence-electron chi connectivity index (χ4n) is 3.29. The zero-order valence-corrected chi connectivity index (χ0v) is 12.0. The maximum Gasteiger partial charge on any atom is 0.123 e. The van der Waals surface area contributed by atoms with Crippen molar-refractivity contribution in [2.75, 3.05) is 13.7 Å². The first-order valence-corrected chi connectivity index (χ1v) is 7.27. The lowest BCUT2D eigenvalue weighted by atomic mass is 9.64. The summed E-state index contributed by atoms with van der Waals surface area (Å²) in [6.45, 7) is 0.618. The Hall–Kier alpha value is -0.970. The molecule has 1 aliphatic carbocycles. The summed E-state index contributed by atoms with van der Waals surface area (Å²) in [5.74, 6) is -0.231. The van der Waals surface area contributed by atoms with Crippen LogP contribution in [0.5, 0.6) is 0 Å². The molecule has 0 aliphatic heterocycles. The smallest absolute Gasteiger partial charge is 0.123 e. The van der Waals surface area contributed by atoms with E-state index in [2.05, 4.69) is 0 Å². The van der Waals surface area contributed by atoms with Crippen LogP contribution in [0.2, 0.25) is 0 Å². The number of methoxy groups -OCH3 is 1. The molecular formula is C16H24FNO2. The quantitative estimate of drug-likeness (QED) is 0.871. The van der Waals surface area contributed by atoms with Gasteiger partial charge in [0.05, 0.1) is 6.10 Å². The average Bonchev–Trinajstić information content (AvgIpc) is 2.47. The molecule has 0 bridgehead atoms. The molecule has 0 unspecified atom stereocenters. The molecule has 1 aliphatic rings. The molecule has 1 aromatic carbocycles. The fourth-order valence-corrected chi connectivity index (χ4v) is 3.29. The first kappa shape index (κ1) is 15.4. The van der Waals surface area contributed by atoms with E-state index < -0.39 is 0 Å². The van der Waals surface area contributed by atoms with Crippen molar-refractivity contribution in [2.45, 2.75) is 49.7 Å². The Labute approximate surface area is 119 Å². The average molecular weight is 281 g/mol. The minimum atomic E-state index is -0.238. The van der Waals surface area contributed by atoms with Crippen molar-refractivity contribution in [3.05, 3.63) is 35.6 Å². The Balaban J connectivity index is 2.26. The van der Waals surface area contributed by atoms with Gasteiger partial charge in [0.25, 0.3) is 0 Å². The zero-order chi connectivity index (χ0) is 14.6. The lowest BCUT2D eigenvalue weighted by Crippen LogP contribution is -2.49. The zero-order valence-electron chi connectivity index (χ0n) is 12.0. The molecule has 1 aromatic rings. The second-order valence-corrected chi connectivity index (χ2v) is 5.78. The molecule has 3 N–H and O–H groups in total. The molecule has 112 valence electrons. The molecule has 3 nitrogen and oxygen atoms in total. The third kappa shape index (κ3) is 3.19. The highest BCUT2D eigenvalue weighted by Gasteiger charge is 2.41. The predicted octanol–water partition coefficient (Wildman–Crippen LogP) is 2.36. The fraction of sp³-hybridized carbons (Fsp3) is 0.625. The molecule has 1 atom stereocenters. The first-order valence-electron chi connectivity index (χ1n) is 7.27. The third-order valence-corrected chi connectivity index (χ3v) is 4.61. The lowest BCUT2D eigenvalue weighted by molar-refractivity contribution is 0.0782. The van der Waals surface area contributed by atoms with Gasteiger partial charge in [-0.15, -0.1) is 0 Å². The van der Waals surface area contributed by atoms with Crippen LogP contribution in [-0.4, -0.2) is 31.0 Å². The van der Waals surface area contributed by atoms with E-state index in [1.165, 1.54) is 12.1 Å². The highest BCUT2D eigenvalue weighted by Crippen LogP contribution is 2.42. The van der Waals surface area contributed by atoms with Crippen LogP contribution in [0, 0.1) is 5.82 Å². The molecule has 1 saturated carbocycles. The summed E-state index contributed by atoms with van der Waals surface area (Å²) < 4.78 is 18.3. The van der Waals surface area contributed by atoms with Crippen molar-refractivity contribution < 1.29 is 14.2 Å². The molecule has 0 spiro atoms. The molecule has 0 radical (unpaired) electrons. The Morgan fingerprint density at radius 2 is 1.95 bits per heavy atom. The van der Waals surface area contributed by atoms with Crippen LogP contribution in [0.25, 0.3) is 0 Å². The van der Waals surface area contributed by atoms with Crippen molar-refractivity contribution in [1.82, 2.24) is 0 Å². The number of benzene rings is 1. The summed E-state index contributed by atoms with van der Waals surface area (Å²) in [5.41, 5.74) is 7.33. The minimum absolute atomic E-state index is 0.0413. The van der Waals surface area contributed by atoms with Gasteiger partial charge < -0.3 is 15.6 Å². The first-order chi connectivity index (χ1) is 9.58. The molecular weight excluding hydrogens is 257 g/mol. The molecule has 0 saturated heterocycles. The summed E-state index contributed by atoms with van der Waals surface area (Å²) >= 11 is 0. The Kier molecular flexibility index (Phi) is 5.13. The SMILES string of the molecule is COCC[C@H](N)[C@]1(c2ccc(F)cc2)CC[C@@H](O)CC1. The normalized spacial score (nSPS) is 28.3. The molecule has 0 amide bonds. The second kappa shape index (κ2) is 6.66. The number of nitrogens with two attached hydrogens (primary N) is 1. The van der Waals surface area contributed by atoms with Crippen LogP contribution in [0.1, 0.15) is 37.7 Å². The van der Waals surface area contributed by atoms with E-state index in [0.717, 1.165) is 37.7 Å². The van der Waals surface area contributed by atoms with Gasteiger partial charge in [-0.1, -0.05) is 12.1 Å². The number of ether oxygens (including phenoxy) is 1. The van der Waals surface area contributed by atoms with E-state index in [-0.39, 0.29) is 23.4 Å². The summed E-state index contributed by atoms with van der Waals surface area (Å²) in [7, 11) is 1.67. The summed E-state index contributed by atoms with van der Waals surface area (Å²) in [5, 5.41) is 9.76. The van der Waals surface area contributed by atoms with Crippen LogP contribution in [0.3, 0.4) is 0 Å². The van der Waals surface area contributed by atoms with Gasteiger partial charge in [0, 0.05) is 25.2 Å². The highest BCUT2D eigenvalue weighted by atomic mass is 19.1. The number of aliphatic hydroxyl groups is 1. The van der Waals surface area contributed by atoms with Gasteiger partial charge in [0.15, 0.2) is 0 Å². The largest absolute Gasteiger partial charge is 0.393 e. The second-order valence-electron chi connectivity index (χ2n) is 5.78. The predicted molar refractivity (Wildman–Crippen MR) is 77.0 cm³/mol. The molecule has 0 heterocycles. The van der Waals surface area contributed by atoms with E-state index in [1.54, 1.807) is 7.11 Å². The van der Waals surface area contributed by atoms with E-state index in [1.807, 2.05) is 12.1 Å². The van der Waals surface area contributed by atoms with Crippen LogP contribution in [-0.2, 0) is 10.2 Å². The molecule has 20 heavy (non-hydrogen) atoms. The van der Waals surface area contributed by atoms with Crippen LogP contribution in [0.15, 0.2) is 24.3 Å². The van der Waals surface area contributed by atoms with Gasteiger partial charge in [-0.05, 0) is 49.8 Å². The summed E-state index contributed by atoms with van der Waals surface area (Å²) in [6, 6.07) is 6.61. The van der Waals surface area contributed by atoms with Crippen molar-refractivity contribution in [3.63, 3.8) is 0 Å². The van der Waals surface area contributed by atoms with E-state index >= 15 is 0 Å². The highest BCUT2D eigenvalue weighted by molar-refractivity contribution is 5.29. The standard InChI is InChI=1S/C16H24FNO2/c1-20-11-8-15(18)16(9-6-14(19)7-10-16)12-2-4-13(17)5-3-12/h2-5,14-15,19H,6-11,18H2,1H3/t14-,15-,16-/m0/s1. The minimum Gasteiger partial charge on any atom is -0.393 e. The van der Waals surface area contributed by atoms with E-state index in [9.17, 15) is 9.50 Å². The summed E-state index contributed by atoms with van der Waals surface area (Å²) in [4.78, 5) is 0. The van der Waals surface area contributed by atoms with Crippen LogP contribution < -0.4 is 5.73 Å². The van der Waals surface area contributed by atoms with Crippen LogP contribution in [0.4, 0.5) is 4.39 Å². The van der Waals surface area contributed by atoms with Crippen molar-refractivity contribution >= 4 is 0 Å². The number of hydrogen-bond acceptors (Lipinski definition) is 3. The monoisotopic (exact) mass is 281 g/mol. The molecule has 4 heteroatoms. The maximum atomic E-state index is 13.2. The number of rotatable bonds is 5. The van der Waals surface area contributed by atoms with Crippen molar-refractivity contribution in [1.29, 1.82) is 0 Å².